The summed E-state index contributed by atoms with van der Waals surface area (Å²) in [5.41, 5.74) is 8.47. The van der Waals surface area contributed by atoms with Gasteiger partial charge in [-0.3, -0.25) is 14.5 Å². The van der Waals surface area contributed by atoms with E-state index in [1.165, 1.54) is 5.69 Å². The molecule has 0 unspecified atom stereocenters. The number of hydrogen-bond donors (Lipinski definition) is 1. The summed E-state index contributed by atoms with van der Waals surface area (Å²) in [6.45, 7) is 3.90. The van der Waals surface area contributed by atoms with Gasteiger partial charge >= 0.3 is 0 Å². The molecule has 166 valence electrons. The second kappa shape index (κ2) is 8.31. The van der Waals surface area contributed by atoms with E-state index >= 15 is 0 Å². The first kappa shape index (κ1) is 20.6. The van der Waals surface area contributed by atoms with Crippen LogP contribution in [0.4, 0.5) is 5.69 Å². The van der Waals surface area contributed by atoms with Gasteiger partial charge in [-0.25, -0.2) is 0 Å². The minimum atomic E-state index is -0.158. The van der Waals surface area contributed by atoms with E-state index in [0.717, 1.165) is 56.0 Å². The predicted octanol–water partition coefficient (Wildman–Crippen LogP) is 2.39. The van der Waals surface area contributed by atoms with Gasteiger partial charge in [-0.1, -0.05) is 0 Å². The molecular formula is C25H28N4O3. The van der Waals surface area contributed by atoms with Gasteiger partial charge in [-0.2, -0.15) is 0 Å². The van der Waals surface area contributed by atoms with Crippen LogP contribution < -0.4 is 20.8 Å². The highest BCUT2D eigenvalue weighted by Gasteiger charge is 2.34. The number of primary amides is 1. The molecule has 3 aromatic rings. The largest absolute Gasteiger partial charge is 0.497 e. The van der Waals surface area contributed by atoms with Gasteiger partial charge in [0.25, 0.3) is 0 Å². The van der Waals surface area contributed by atoms with E-state index in [4.69, 9.17) is 10.5 Å². The maximum atomic E-state index is 12.3. The lowest BCUT2D eigenvalue weighted by Gasteiger charge is -2.48. The van der Waals surface area contributed by atoms with Crippen molar-refractivity contribution in [1.82, 2.24) is 9.47 Å². The fourth-order valence-electron chi connectivity index (χ4n) is 4.85. The molecular weight excluding hydrogens is 404 g/mol. The number of nitrogens with zero attached hydrogens (tertiary/aromatic N) is 3. The van der Waals surface area contributed by atoms with Crippen molar-refractivity contribution in [2.45, 2.75) is 18.9 Å². The number of carbonyl (C=O) groups excluding carboxylic acids is 1. The smallest absolute Gasteiger partial charge is 0.220 e. The quantitative estimate of drug-likeness (QED) is 0.670. The number of amides is 1. The lowest BCUT2D eigenvalue weighted by molar-refractivity contribution is -0.123. The zero-order valence-corrected chi connectivity index (χ0v) is 18.2. The van der Waals surface area contributed by atoms with Crippen molar-refractivity contribution in [1.29, 1.82) is 0 Å². The Morgan fingerprint density at radius 3 is 2.34 bits per heavy atom. The first-order valence-electron chi connectivity index (χ1n) is 11.1. The molecule has 2 aromatic carbocycles. The molecule has 0 radical (unpaired) electrons. The molecule has 0 aliphatic carbocycles. The summed E-state index contributed by atoms with van der Waals surface area (Å²) < 4.78 is 7.37. The Kier molecular flexibility index (Phi) is 5.35. The number of benzene rings is 2. The Hall–Kier alpha value is -3.32. The highest BCUT2D eigenvalue weighted by atomic mass is 16.5. The van der Waals surface area contributed by atoms with Crippen molar-refractivity contribution < 1.29 is 9.53 Å². The summed E-state index contributed by atoms with van der Waals surface area (Å²) in [4.78, 5) is 28.5. The van der Waals surface area contributed by atoms with Crippen molar-refractivity contribution in [3.63, 3.8) is 0 Å². The number of fused-ring (bicyclic) bond motifs is 1. The van der Waals surface area contributed by atoms with E-state index in [0.29, 0.717) is 11.4 Å². The van der Waals surface area contributed by atoms with Crippen LogP contribution in [0, 0.1) is 5.92 Å². The molecule has 0 saturated carbocycles. The minimum absolute atomic E-state index is 0.00186. The SMILES string of the molecule is COc1ccc2c(=O)ccn(-c3ccc(N4CC(N5CCC(C(N)=O)CC5)C4)cc3)c2c1. The molecule has 0 bridgehead atoms. The summed E-state index contributed by atoms with van der Waals surface area (Å²) >= 11 is 0. The van der Waals surface area contributed by atoms with Gasteiger partial charge < -0.3 is 19.9 Å². The highest BCUT2D eigenvalue weighted by molar-refractivity contribution is 5.82. The van der Waals surface area contributed by atoms with Gasteiger partial charge in [0.1, 0.15) is 5.75 Å². The first-order chi connectivity index (χ1) is 15.5. The Morgan fingerprint density at radius 2 is 1.69 bits per heavy atom. The zero-order chi connectivity index (χ0) is 22.2. The third-order valence-corrected chi connectivity index (χ3v) is 6.91. The molecule has 2 aliphatic rings. The molecule has 2 fully saturated rings. The number of likely N-dealkylation sites (tertiary alicyclic amines) is 1. The Balaban J connectivity index is 1.29. The molecule has 32 heavy (non-hydrogen) atoms. The molecule has 0 atom stereocenters. The van der Waals surface area contributed by atoms with Crippen LogP contribution in [0.15, 0.2) is 59.5 Å². The van der Waals surface area contributed by atoms with Gasteiger partial charge in [0, 0.05) is 60.1 Å². The summed E-state index contributed by atoms with van der Waals surface area (Å²) in [7, 11) is 1.63. The fraction of sp³-hybridized carbons (Fsp3) is 0.360. The third-order valence-electron chi connectivity index (χ3n) is 6.91. The molecule has 2 aliphatic heterocycles. The number of ether oxygens (including phenoxy) is 1. The molecule has 1 aromatic heterocycles. The summed E-state index contributed by atoms with van der Waals surface area (Å²) in [5.74, 6) is 0.605. The number of carbonyl (C=O) groups is 1. The van der Waals surface area contributed by atoms with Crippen molar-refractivity contribution in [2.75, 3.05) is 38.2 Å². The minimum Gasteiger partial charge on any atom is -0.497 e. The number of methoxy groups -OCH3 is 1. The second-order valence-electron chi connectivity index (χ2n) is 8.72. The maximum Gasteiger partial charge on any atom is 0.220 e. The number of nitrogens with two attached hydrogens (primary N) is 1. The van der Waals surface area contributed by atoms with Crippen LogP contribution in [0.2, 0.25) is 0 Å². The molecule has 5 rings (SSSR count). The lowest BCUT2D eigenvalue weighted by Crippen LogP contribution is -2.61. The second-order valence-corrected chi connectivity index (χ2v) is 8.72. The summed E-state index contributed by atoms with van der Waals surface area (Å²) in [5, 5.41) is 0.670. The van der Waals surface area contributed by atoms with Gasteiger partial charge in [-0.05, 0) is 62.3 Å². The van der Waals surface area contributed by atoms with E-state index in [1.807, 2.05) is 29.0 Å². The van der Waals surface area contributed by atoms with Crippen molar-refractivity contribution >= 4 is 22.5 Å². The van der Waals surface area contributed by atoms with Crippen LogP contribution in [0.3, 0.4) is 0 Å². The average molecular weight is 433 g/mol. The molecule has 7 nitrogen and oxygen atoms in total. The van der Waals surface area contributed by atoms with Gasteiger partial charge in [0.15, 0.2) is 5.43 Å². The van der Waals surface area contributed by atoms with Gasteiger partial charge in [0.2, 0.25) is 5.91 Å². The monoisotopic (exact) mass is 432 g/mol. The van der Waals surface area contributed by atoms with Crippen LogP contribution >= 0.6 is 0 Å². The van der Waals surface area contributed by atoms with E-state index in [-0.39, 0.29) is 17.3 Å². The Bertz CT molecular complexity index is 1190. The van der Waals surface area contributed by atoms with Crippen molar-refractivity contribution in [3.05, 3.63) is 65.0 Å². The normalized spacial score (nSPS) is 18.0. The number of anilines is 1. The van der Waals surface area contributed by atoms with Crippen LogP contribution in [0.5, 0.6) is 5.75 Å². The molecule has 0 spiro atoms. The van der Waals surface area contributed by atoms with E-state index in [2.05, 4.69) is 34.1 Å². The summed E-state index contributed by atoms with van der Waals surface area (Å²) in [6, 6.07) is 16.1. The predicted molar refractivity (Wildman–Crippen MR) is 126 cm³/mol. The summed E-state index contributed by atoms with van der Waals surface area (Å²) in [6.07, 6.45) is 3.56. The lowest BCUT2D eigenvalue weighted by atomic mass is 9.93. The Labute approximate surface area is 187 Å². The number of hydrogen-bond acceptors (Lipinski definition) is 5. The van der Waals surface area contributed by atoms with Crippen LogP contribution in [0.25, 0.3) is 16.6 Å². The average Bonchev–Trinajstić information content (AvgIpc) is 2.79. The third kappa shape index (κ3) is 3.73. The first-order valence-corrected chi connectivity index (χ1v) is 11.1. The van der Waals surface area contributed by atoms with E-state index in [9.17, 15) is 9.59 Å². The topological polar surface area (TPSA) is 80.8 Å². The number of pyridine rings is 1. The number of rotatable bonds is 5. The number of piperidine rings is 1. The van der Waals surface area contributed by atoms with Crippen LogP contribution in [-0.4, -0.2) is 54.7 Å². The molecule has 1 amide bonds. The van der Waals surface area contributed by atoms with Crippen molar-refractivity contribution in [2.24, 2.45) is 11.7 Å². The highest BCUT2D eigenvalue weighted by Crippen LogP contribution is 2.28. The fourth-order valence-corrected chi connectivity index (χ4v) is 4.85. The van der Waals surface area contributed by atoms with Crippen LogP contribution in [-0.2, 0) is 4.79 Å². The molecule has 2 saturated heterocycles. The number of aromatic nitrogens is 1. The maximum absolute atomic E-state index is 12.3. The standard InChI is InChI=1S/C25H28N4O3/c1-32-21-6-7-22-23(14-21)29(13-10-24(22)30)19-4-2-18(3-5-19)28-15-20(16-28)27-11-8-17(9-12-27)25(26)31/h2-7,10,13-14,17,20H,8-9,11-12,15-16H2,1H3,(H2,26,31). The molecule has 2 N–H and O–H groups in total. The van der Waals surface area contributed by atoms with Gasteiger partial charge in [-0.15, -0.1) is 0 Å². The Morgan fingerprint density at radius 1 is 1.00 bits per heavy atom. The van der Waals surface area contributed by atoms with E-state index < -0.39 is 0 Å². The van der Waals surface area contributed by atoms with Crippen LogP contribution in [0.1, 0.15) is 12.8 Å². The molecule has 3 heterocycles. The van der Waals surface area contributed by atoms with Gasteiger partial charge in [0.05, 0.1) is 12.6 Å². The zero-order valence-electron chi connectivity index (χ0n) is 18.2. The van der Waals surface area contributed by atoms with E-state index in [1.54, 1.807) is 13.2 Å². The molecule has 7 heteroatoms. The van der Waals surface area contributed by atoms with Crippen molar-refractivity contribution in [3.8, 4) is 11.4 Å².